The second kappa shape index (κ2) is 10.4. The molecule has 9 heteroatoms. The van der Waals surface area contributed by atoms with Crippen molar-refractivity contribution in [2.45, 2.75) is 12.0 Å². The molecule has 1 unspecified atom stereocenters. The summed E-state index contributed by atoms with van der Waals surface area (Å²) in [5.41, 5.74) is 4.01. The fraction of sp³-hybridized carbons (Fsp3) is 0.192. The summed E-state index contributed by atoms with van der Waals surface area (Å²) in [4.78, 5) is 35.9. The van der Waals surface area contributed by atoms with Crippen LogP contribution in [-0.4, -0.2) is 49.4 Å². The van der Waals surface area contributed by atoms with Crippen LogP contribution in [0.1, 0.15) is 27.4 Å². The van der Waals surface area contributed by atoms with Crippen molar-refractivity contribution in [1.29, 1.82) is 0 Å². The lowest BCUT2D eigenvalue weighted by molar-refractivity contribution is -0.125. The smallest absolute Gasteiger partial charge is 0.407 e. The predicted molar refractivity (Wildman–Crippen MR) is 126 cm³/mol. The van der Waals surface area contributed by atoms with Gasteiger partial charge in [0, 0.05) is 18.7 Å². The SMILES string of the molecule is COC(CNC(=O)OCC1c2ccccc2-c2ccccc21)C(=O)Nc1cc(F)cc(C(=O)O)c1. The first-order chi connectivity index (χ1) is 16.9. The maximum atomic E-state index is 13.7. The van der Waals surface area contributed by atoms with Gasteiger partial charge in [-0.1, -0.05) is 48.5 Å². The van der Waals surface area contributed by atoms with E-state index in [9.17, 15) is 18.8 Å². The number of methoxy groups -OCH3 is 1. The van der Waals surface area contributed by atoms with Crippen LogP contribution in [0.25, 0.3) is 11.1 Å². The van der Waals surface area contributed by atoms with E-state index in [1.54, 1.807) is 0 Å². The van der Waals surface area contributed by atoms with Crippen LogP contribution in [0.3, 0.4) is 0 Å². The zero-order valence-corrected chi connectivity index (χ0v) is 18.8. The molecule has 180 valence electrons. The Kier molecular flexibility index (Phi) is 7.07. The number of carboxylic acid groups (broad SMARTS) is 1. The van der Waals surface area contributed by atoms with Crippen molar-refractivity contribution in [1.82, 2.24) is 5.32 Å². The fourth-order valence-electron chi connectivity index (χ4n) is 4.12. The van der Waals surface area contributed by atoms with Crippen LogP contribution < -0.4 is 10.6 Å². The number of carboxylic acids is 1. The number of carbonyl (C=O) groups is 3. The van der Waals surface area contributed by atoms with Gasteiger partial charge in [-0.15, -0.1) is 0 Å². The van der Waals surface area contributed by atoms with E-state index < -0.39 is 29.9 Å². The molecule has 1 aliphatic rings. The molecule has 8 nitrogen and oxygen atoms in total. The standard InChI is InChI=1S/C26H23FN2O6/c1-34-23(24(30)29-17-11-15(25(31)32)10-16(27)12-17)13-28-26(33)35-14-22-20-8-4-2-6-18(20)19-7-3-5-9-21(19)22/h2-12,22-23H,13-14H2,1H3,(H,28,33)(H,29,30)(H,31,32). The number of anilines is 1. The van der Waals surface area contributed by atoms with Crippen LogP contribution >= 0.6 is 0 Å². The summed E-state index contributed by atoms with van der Waals surface area (Å²) >= 11 is 0. The lowest BCUT2D eigenvalue weighted by Crippen LogP contribution is -2.41. The molecule has 1 aliphatic carbocycles. The van der Waals surface area contributed by atoms with Gasteiger partial charge in [-0.2, -0.15) is 0 Å². The van der Waals surface area contributed by atoms with Crippen molar-refractivity contribution >= 4 is 23.7 Å². The Bertz CT molecular complexity index is 1230. The molecule has 0 saturated heterocycles. The summed E-state index contributed by atoms with van der Waals surface area (Å²) < 4.78 is 24.2. The minimum Gasteiger partial charge on any atom is -0.478 e. The molecular formula is C26H23FN2O6. The van der Waals surface area contributed by atoms with Gasteiger partial charge in [0.15, 0.2) is 6.10 Å². The van der Waals surface area contributed by atoms with Crippen molar-refractivity contribution in [3.63, 3.8) is 0 Å². The van der Waals surface area contributed by atoms with Crippen molar-refractivity contribution < 1.29 is 33.4 Å². The number of amides is 2. The second-order valence-corrected chi connectivity index (χ2v) is 7.95. The highest BCUT2D eigenvalue weighted by Gasteiger charge is 2.29. The summed E-state index contributed by atoms with van der Waals surface area (Å²) in [6.07, 6.45) is -1.84. The quantitative estimate of drug-likeness (QED) is 0.451. The van der Waals surface area contributed by atoms with Gasteiger partial charge in [0.25, 0.3) is 5.91 Å². The lowest BCUT2D eigenvalue weighted by Gasteiger charge is -2.18. The first kappa shape index (κ1) is 23.9. The molecule has 0 radical (unpaired) electrons. The van der Waals surface area contributed by atoms with Crippen molar-refractivity contribution in [2.75, 3.05) is 25.6 Å². The van der Waals surface area contributed by atoms with Gasteiger partial charge in [0.05, 0.1) is 12.1 Å². The number of rotatable bonds is 8. The molecule has 0 fully saturated rings. The van der Waals surface area contributed by atoms with Crippen molar-refractivity contribution in [3.05, 3.63) is 89.2 Å². The second-order valence-electron chi connectivity index (χ2n) is 7.95. The molecule has 1 atom stereocenters. The number of ether oxygens (including phenoxy) is 2. The molecule has 0 saturated carbocycles. The molecule has 3 N–H and O–H groups in total. The summed E-state index contributed by atoms with van der Waals surface area (Å²) in [5.74, 6) is -2.94. The third-order valence-electron chi connectivity index (χ3n) is 5.76. The summed E-state index contributed by atoms with van der Waals surface area (Å²) in [7, 11) is 1.28. The summed E-state index contributed by atoms with van der Waals surface area (Å²) in [5, 5.41) is 13.9. The lowest BCUT2D eigenvalue weighted by atomic mass is 9.98. The van der Waals surface area contributed by atoms with Crippen molar-refractivity contribution in [2.24, 2.45) is 0 Å². The fourth-order valence-corrected chi connectivity index (χ4v) is 4.12. The van der Waals surface area contributed by atoms with Crippen LogP contribution in [0.5, 0.6) is 0 Å². The van der Waals surface area contributed by atoms with Gasteiger partial charge in [-0.25, -0.2) is 14.0 Å². The predicted octanol–water partition coefficient (Wildman–Crippen LogP) is 4.02. The topological polar surface area (TPSA) is 114 Å². The first-order valence-electron chi connectivity index (χ1n) is 10.8. The van der Waals surface area contributed by atoms with Crippen LogP contribution in [0.2, 0.25) is 0 Å². The molecule has 35 heavy (non-hydrogen) atoms. The summed E-state index contributed by atoms with van der Waals surface area (Å²) in [6.45, 7) is -0.0922. The Morgan fingerprint density at radius 3 is 2.23 bits per heavy atom. The van der Waals surface area contributed by atoms with E-state index in [0.29, 0.717) is 0 Å². The number of alkyl carbamates (subject to hydrolysis) is 1. The molecule has 0 heterocycles. The average molecular weight is 478 g/mol. The zero-order valence-electron chi connectivity index (χ0n) is 18.8. The van der Waals surface area contributed by atoms with E-state index >= 15 is 0 Å². The third kappa shape index (κ3) is 5.30. The van der Waals surface area contributed by atoms with E-state index in [0.717, 1.165) is 40.5 Å². The minimum atomic E-state index is -1.33. The van der Waals surface area contributed by atoms with Gasteiger partial charge in [0.2, 0.25) is 0 Å². The van der Waals surface area contributed by atoms with E-state index in [2.05, 4.69) is 10.6 Å². The van der Waals surface area contributed by atoms with Crippen LogP contribution in [0, 0.1) is 5.82 Å². The molecule has 2 amide bonds. The average Bonchev–Trinajstić information content (AvgIpc) is 3.16. The Hall–Kier alpha value is -4.24. The van der Waals surface area contributed by atoms with Crippen molar-refractivity contribution in [3.8, 4) is 11.1 Å². The highest BCUT2D eigenvalue weighted by Crippen LogP contribution is 2.44. The number of halogens is 1. The van der Waals surface area contributed by atoms with Gasteiger partial charge < -0.3 is 25.2 Å². The van der Waals surface area contributed by atoms with Gasteiger partial charge in [-0.05, 0) is 40.5 Å². The molecule has 0 spiro atoms. The number of benzene rings is 3. The molecule has 0 bridgehead atoms. The molecule has 0 aliphatic heterocycles. The number of carbonyl (C=O) groups excluding carboxylic acids is 2. The van der Waals surface area contributed by atoms with E-state index in [1.807, 2.05) is 48.5 Å². The van der Waals surface area contributed by atoms with Gasteiger partial charge in [-0.3, -0.25) is 4.79 Å². The highest BCUT2D eigenvalue weighted by atomic mass is 19.1. The first-order valence-corrected chi connectivity index (χ1v) is 10.8. The normalized spacial score (nSPS) is 12.9. The number of hydrogen-bond acceptors (Lipinski definition) is 5. The highest BCUT2D eigenvalue weighted by molar-refractivity contribution is 5.96. The van der Waals surface area contributed by atoms with E-state index in [-0.39, 0.29) is 30.3 Å². The Morgan fingerprint density at radius 2 is 1.63 bits per heavy atom. The van der Waals surface area contributed by atoms with Crippen LogP contribution in [0.15, 0.2) is 66.7 Å². The molecular weight excluding hydrogens is 455 g/mol. The molecule has 3 aromatic carbocycles. The maximum absolute atomic E-state index is 13.7. The number of hydrogen-bond donors (Lipinski definition) is 3. The Labute approximate surface area is 200 Å². The van der Waals surface area contributed by atoms with Crippen LogP contribution in [0.4, 0.5) is 14.9 Å². The number of nitrogens with one attached hydrogen (secondary N) is 2. The number of fused-ring (bicyclic) bond motifs is 3. The third-order valence-corrected chi connectivity index (χ3v) is 5.76. The molecule has 3 aromatic rings. The van der Waals surface area contributed by atoms with Gasteiger partial charge in [0.1, 0.15) is 12.4 Å². The molecule has 0 aromatic heterocycles. The maximum Gasteiger partial charge on any atom is 0.407 e. The van der Waals surface area contributed by atoms with E-state index in [1.165, 1.54) is 7.11 Å². The number of aromatic carboxylic acids is 1. The van der Waals surface area contributed by atoms with Gasteiger partial charge >= 0.3 is 12.1 Å². The summed E-state index contributed by atoms with van der Waals surface area (Å²) in [6, 6.07) is 18.8. The Morgan fingerprint density at radius 1 is 1.00 bits per heavy atom. The Balaban J connectivity index is 1.33. The molecule has 4 rings (SSSR count). The largest absolute Gasteiger partial charge is 0.478 e. The van der Waals surface area contributed by atoms with Crippen LogP contribution in [-0.2, 0) is 14.3 Å². The minimum absolute atomic E-state index is 0.0457. The van der Waals surface area contributed by atoms with E-state index in [4.69, 9.17) is 14.6 Å². The monoisotopic (exact) mass is 478 g/mol. The zero-order chi connectivity index (χ0) is 24.9.